The molecule has 7 rings (SSSR count). The molecule has 1 aromatic rings. The summed E-state index contributed by atoms with van der Waals surface area (Å²) in [5.74, 6) is 1.04. The highest BCUT2D eigenvalue weighted by Crippen LogP contribution is 2.74. The molecule has 0 radical (unpaired) electrons. The summed E-state index contributed by atoms with van der Waals surface area (Å²) in [7, 11) is 5.61. The number of piperidine rings is 1. The van der Waals surface area contributed by atoms with Crippen molar-refractivity contribution in [2.24, 2.45) is 11.3 Å². The van der Waals surface area contributed by atoms with Gasteiger partial charge in [-0.05, 0) is 51.4 Å². The lowest BCUT2D eigenvalue weighted by atomic mass is 9.37. The molecule has 4 aliphatic carbocycles. The average molecular weight is 411 g/mol. The number of carbonyl (C=O) groups is 1. The van der Waals surface area contributed by atoms with Gasteiger partial charge in [0.05, 0.1) is 25.0 Å². The molecule has 1 saturated heterocycles. The number of ether oxygens (including phenoxy) is 4. The number of hydrogen-bond acceptors (Lipinski definition) is 6. The second-order valence-electron chi connectivity index (χ2n) is 9.49. The molecule has 2 aliphatic heterocycles. The normalized spacial score (nSPS) is 41.9. The zero-order valence-electron chi connectivity index (χ0n) is 18.1. The summed E-state index contributed by atoms with van der Waals surface area (Å²) in [6.45, 7) is 3.22. The van der Waals surface area contributed by atoms with Gasteiger partial charge in [-0.25, -0.2) is 0 Å². The Morgan fingerprint density at radius 3 is 2.87 bits per heavy atom. The van der Waals surface area contributed by atoms with Crippen molar-refractivity contribution >= 4 is 5.97 Å². The van der Waals surface area contributed by atoms with E-state index in [4.69, 9.17) is 18.9 Å². The molecule has 0 unspecified atom stereocenters. The Morgan fingerprint density at radius 2 is 2.13 bits per heavy atom. The van der Waals surface area contributed by atoms with Crippen LogP contribution < -0.4 is 9.47 Å². The molecule has 1 saturated carbocycles. The topological polar surface area (TPSA) is 57.2 Å². The van der Waals surface area contributed by atoms with Gasteiger partial charge in [0.1, 0.15) is 11.7 Å². The molecule has 6 heteroatoms. The third-order valence-electron chi connectivity index (χ3n) is 8.85. The van der Waals surface area contributed by atoms with E-state index in [0.717, 1.165) is 37.3 Å². The number of esters is 1. The van der Waals surface area contributed by atoms with E-state index in [9.17, 15) is 4.79 Å². The minimum absolute atomic E-state index is 0.184. The maximum atomic E-state index is 13.2. The predicted octanol–water partition coefficient (Wildman–Crippen LogP) is 2.48. The molecule has 2 fully saturated rings. The van der Waals surface area contributed by atoms with Crippen LogP contribution in [0.3, 0.4) is 0 Å². The summed E-state index contributed by atoms with van der Waals surface area (Å²) < 4.78 is 24.3. The maximum absolute atomic E-state index is 13.2. The standard InChI is InChI=1S/C24H29NO5/c1-5-29-20(26)15-13-22-8-9-24(15,28-4)21-23(22)10-11-25(2)17(22)12-14-6-7-16(27-3)19(30-21)18(14)23/h6-9,15,17,21H,5,10-13H2,1-4H3/t15-,17+,21-,22+,23-,24+/m0/s1. The molecule has 30 heavy (non-hydrogen) atoms. The van der Waals surface area contributed by atoms with Crippen LogP contribution in [0.15, 0.2) is 24.3 Å². The third-order valence-corrected chi connectivity index (χ3v) is 8.85. The number of nitrogens with zero attached hydrogens (tertiary/aromatic N) is 1. The number of hydrogen-bond donors (Lipinski definition) is 0. The van der Waals surface area contributed by atoms with E-state index in [1.165, 1.54) is 11.1 Å². The number of methoxy groups -OCH3 is 2. The van der Waals surface area contributed by atoms with Gasteiger partial charge < -0.3 is 23.8 Å². The summed E-state index contributed by atoms with van der Waals surface area (Å²) in [6.07, 6.45) is 6.86. The Kier molecular flexibility index (Phi) is 3.61. The van der Waals surface area contributed by atoms with Crippen molar-refractivity contribution in [3.05, 3.63) is 35.4 Å². The van der Waals surface area contributed by atoms with Crippen molar-refractivity contribution in [2.45, 2.75) is 49.3 Å². The number of carbonyl (C=O) groups excluding carboxylic acids is 1. The van der Waals surface area contributed by atoms with Crippen molar-refractivity contribution in [3.63, 3.8) is 0 Å². The van der Waals surface area contributed by atoms with Crippen molar-refractivity contribution in [1.82, 2.24) is 4.90 Å². The SMILES string of the molecule is CCOC(=O)[C@@H]1C[C@@]23C=C[C@]1(OC)[C@H]1Oc4c(OC)ccc5c4[C@@]12CCN(C)[C@@H]3C5. The highest BCUT2D eigenvalue weighted by Gasteiger charge is 2.80. The highest BCUT2D eigenvalue weighted by atomic mass is 16.6. The summed E-state index contributed by atoms with van der Waals surface area (Å²) in [6, 6.07) is 4.54. The third kappa shape index (κ3) is 1.75. The number of likely N-dealkylation sites (N-methyl/N-ethyl adjacent to an activating group) is 1. The van der Waals surface area contributed by atoms with Crippen LogP contribution in [-0.2, 0) is 26.1 Å². The fourth-order valence-corrected chi connectivity index (χ4v) is 7.72. The Morgan fingerprint density at radius 1 is 1.30 bits per heavy atom. The highest BCUT2D eigenvalue weighted by molar-refractivity contribution is 5.78. The first-order chi connectivity index (χ1) is 14.5. The Balaban J connectivity index is 1.65. The Labute approximate surface area is 177 Å². The number of likely N-dealkylation sites (tertiary alicyclic amines) is 1. The first-order valence-corrected chi connectivity index (χ1v) is 11.0. The van der Waals surface area contributed by atoms with E-state index < -0.39 is 5.60 Å². The van der Waals surface area contributed by atoms with Crippen molar-refractivity contribution in [2.75, 3.05) is 34.4 Å². The van der Waals surface area contributed by atoms with Crippen molar-refractivity contribution < 1.29 is 23.7 Å². The molecule has 0 aromatic heterocycles. The van der Waals surface area contributed by atoms with Crippen LogP contribution in [0.25, 0.3) is 0 Å². The molecule has 1 aromatic carbocycles. The second kappa shape index (κ2) is 5.80. The van der Waals surface area contributed by atoms with Gasteiger partial charge in [0.25, 0.3) is 0 Å². The monoisotopic (exact) mass is 411 g/mol. The molecular formula is C24H29NO5. The molecule has 0 N–H and O–H groups in total. The summed E-state index contributed by atoms with van der Waals surface area (Å²) >= 11 is 0. The average Bonchev–Trinajstić information content (AvgIpc) is 3.13. The zero-order valence-corrected chi connectivity index (χ0v) is 18.1. The van der Waals surface area contributed by atoms with Gasteiger partial charge in [-0.15, -0.1) is 0 Å². The van der Waals surface area contributed by atoms with Gasteiger partial charge in [0.15, 0.2) is 11.5 Å². The van der Waals surface area contributed by atoms with Crippen LogP contribution >= 0.6 is 0 Å². The van der Waals surface area contributed by atoms with E-state index in [1.54, 1.807) is 14.2 Å². The van der Waals surface area contributed by atoms with Crippen LogP contribution in [0.5, 0.6) is 11.5 Å². The first kappa shape index (κ1) is 18.7. The van der Waals surface area contributed by atoms with Crippen LogP contribution in [0, 0.1) is 11.3 Å². The van der Waals surface area contributed by atoms with Gasteiger partial charge in [0.2, 0.25) is 0 Å². The number of fused-ring (bicyclic) bond motifs is 1. The minimum Gasteiger partial charge on any atom is -0.493 e. The summed E-state index contributed by atoms with van der Waals surface area (Å²) in [5.41, 5.74) is 1.40. The van der Waals surface area contributed by atoms with Crippen LogP contribution in [0.2, 0.25) is 0 Å². The Bertz CT molecular complexity index is 975. The van der Waals surface area contributed by atoms with Gasteiger partial charge in [-0.1, -0.05) is 18.2 Å². The summed E-state index contributed by atoms with van der Waals surface area (Å²) in [4.78, 5) is 15.7. The summed E-state index contributed by atoms with van der Waals surface area (Å²) in [5, 5.41) is 0. The molecule has 160 valence electrons. The van der Waals surface area contributed by atoms with E-state index in [1.807, 2.05) is 13.0 Å². The van der Waals surface area contributed by atoms with Gasteiger partial charge in [-0.3, -0.25) is 4.79 Å². The lowest BCUT2D eigenvalue weighted by Gasteiger charge is -2.70. The lowest BCUT2D eigenvalue weighted by molar-refractivity contribution is -0.221. The van der Waals surface area contributed by atoms with Crippen LogP contribution in [-0.4, -0.2) is 63.0 Å². The second-order valence-corrected chi connectivity index (χ2v) is 9.49. The van der Waals surface area contributed by atoms with E-state index in [2.05, 4.69) is 30.2 Å². The molecule has 6 atom stereocenters. The van der Waals surface area contributed by atoms with Gasteiger partial charge in [0, 0.05) is 24.1 Å². The lowest BCUT2D eigenvalue weighted by Crippen LogP contribution is -2.79. The zero-order chi connectivity index (χ0) is 20.9. The minimum atomic E-state index is -0.840. The fourth-order valence-electron chi connectivity index (χ4n) is 7.72. The Hall–Kier alpha value is -2.05. The molecule has 2 heterocycles. The fraction of sp³-hybridized carbons (Fsp3) is 0.625. The van der Waals surface area contributed by atoms with Gasteiger partial charge in [-0.2, -0.15) is 0 Å². The van der Waals surface area contributed by atoms with Crippen LogP contribution in [0.1, 0.15) is 30.9 Å². The quantitative estimate of drug-likeness (QED) is 0.561. The smallest absolute Gasteiger partial charge is 0.312 e. The van der Waals surface area contributed by atoms with E-state index >= 15 is 0 Å². The molecule has 6 aliphatic rings. The number of rotatable bonds is 4. The molecule has 0 amide bonds. The van der Waals surface area contributed by atoms with Crippen molar-refractivity contribution in [1.29, 1.82) is 0 Å². The molecule has 4 bridgehead atoms. The molecule has 2 spiro atoms. The van der Waals surface area contributed by atoms with Crippen molar-refractivity contribution in [3.8, 4) is 11.5 Å². The van der Waals surface area contributed by atoms with Crippen LogP contribution in [0.4, 0.5) is 0 Å². The number of benzene rings is 1. The maximum Gasteiger partial charge on any atom is 0.312 e. The molecular weight excluding hydrogens is 382 g/mol. The van der Waals surface area contributed by atoms with E-state index in [0.29, 0.717) is 12.6 Å². The first-order valence-electron chi connectivity index (χ1n) is 11.0. The molecule has 6 nitrogen and oxygen atoms in total. The van der Waals surface area contributed by atoms with E-state index in [-0.39, 0.29) is 28.8 Å². The predicted molar refractivity (Wildman–Crippen MR) is 110 cm³/mol. The largest absolute Gasteiger partial charge is 0.493 e. The van der Waals surface area contributed by atoms with Gasteiger partial charge >= 0.3 is 5.97 Å².